The molecule has 0 heterocycles. The van der Waals surface area contributed by atoms with Crippen molar-refractivity contribution in [2.75, 3.05) is 7.05 Å². The van der Waals surface area contributed by atoms with Crippen LogP contribution in [0.2, 0.25) is 5.02 Å². The first kappa shape index (κ1) is 12.7. The maximum absolute atomic E-state index is 6.10. The zero-order valence-electron chi connectivity index (χ0n) is 11.0. The van der Waals surface area contributed by atoms with Crippen molar-refractivity contribution in [3.8, 4) is 0 Å². The number of hydrogen-bond acceptors (Lipinski definition) is 1. The van der Waals surface area contributed by atoms with E-state index < -0.39 is 0 Å². The van der Waals surface area contributed by atoms with Crippen molar-refractivity contribution in [1.29, 1.82) is 0 Å². The summed E-state index contributed by atoms with van der Waals surface area (Å²) in [5, 5.41) is 4.26. The Morgan fingerprint density at radius 3 is 2.58 bits per heavy atom. The molecule has 0 radical (unpaired) electrons. The average molecular weight is 272 g/mol. The van der Waals surface area contributed by atoms with Gasteiger partial charge in [0.2, 0.25) is 0 Å². The summed E-state index contributed by atoms with van der Waals surface area (Å²) in [7, 11) is 2.03. The van der Waals surface area contributed by atoms with Crippen molar-refractivity contribution in [2.45, 2.75) is 18.4 Å². The lowest BCUT2D eigenvalue weighted by Crippen LogP contribution is -2.19. The van der Waals surface area contributed by atoms with E-state index in [9.17, 15) is 0 Å². The summed E-state index contributed by atoms with van der Waals surface area (Å²) >= 11 is 6.10. The molecule has 1 saturated carbocycles. The molecule has 3 rings (SSSR count). The largest absolute Gasteiger partial charge is 0.313 e. The molecule has 0 aliphatic heterocycles. The highest BCUT2D eigenvalue weighted by Crippen LogP contribution is 2.53. The van der Waals surface area contributed by atoms with E-state index in [2.05, 4.69) is 47.8 Å². The van der Waals surface area contributed by atoms with Gasteiger partial charge in [0.15, 0.2) is 0 Å². The van der Waals surface area contributed by atoms with Crippen molar-refractivity contribution in [2.24, 2.45) is 5.92 Å². The van der Waals surface area contributed by atoms with Crippen LogP contribution in [0.25, 0.3) is 0 Å². The predicted molar refractivity (Wildman–Crippen MR) is 80.5 cm³/mol. The first-order valence-electron chi connectivity index (χ1n) is 6.77. The van der Waals surface area contributed by atoms with Gasteiger partial charge in [-0.3, -0.25) is 0 Å². The Labute approximate surface area is 119 Å². The molecule has 2 heteroatoms. The molecule has 2 aromatic carbocycles. The Bertz CT molecular complexity index is 552. The average Bonchev–Trinajstić information content (AvgIpc) is 3.21. The van der Waals surface area contributed by atoms with Crippen LogP contribution in [0, 0.1) is 5.92 Å². The minimum absolute atomic E-state index is 0.393. The van der Waals surface area contributed by atoms with Gasteiger partial charge >= 0.3 is 0 Å². The van der Waals surface area contributed by atoms with Crippen LogP contribution >= 0.6 is 11.6 Å². The summed E-state index contributed by atoms with van der Waals surface area (Å²) < 4.78 is 0. The van der Waals surface area contributed by atoms with E-state index in [0.29, 0.717) is 17.9 Å². The highest BCUT2D eigenvalue weighted by atomic mass is 35.5. The van der Waals surface area contributed by atoms with Crippen molar-refractivity contribution < 1.29 is 0 Å². The molecule has 1 aliphatic carbocycles. The first-order chi connectivity index (χ1) is 9.29. The Kier molecular flexibility index (Phi) is 3.58. The summed E-state index contributed by atoms with van der Waals surface area (Å²) in [4.78, 5) is 0. The minimum atomic E-state index is 0.393. The molecule has 0 aromatic heterocycles. The topological polar surface area (TPSA) is 12.0 Å². The Morgan fingerprint density at radius 1 is 1.11 bits per heavy atom. The fourth-order valence-corrected chi connectivity index (χ4v) is 3.19. The van der Waals surface area contributed by atoms with Gasteiger partial charge in [0, 0.05) is 11.1 Å². The van der Waals surface area contributed by atoms with E-state index in [1.54, 1.807) is 0 Å². The van der Waals surface area contributed by atoms with E-state index in [4.69, 9.17) is 11.6 Å². The summed E-state index contributed by atoms with van der Waals surface area (Å²) in [5.41, 5.74) is 2.74. The van der Waals surface area contributed by atoms with E-state index >= 15 is 0 Å². The molecule has 1 nitrogen and oxygen atoms in total. The molecule has 0 bridgehead atoms. The molecule has 0 saturated heterocycles. The normalized spacial score (nSPS) is 23.1. The zero-order chi connectivity index (χ0) is 13.2. The van der Waals surface area contributed by atoms with Crippen LogP contribution in [0.15, 0.2) is 54.6 Å². The molecule has 98 valence electrons. The van der Waals surface area contributed by atoms with Crippen molar-refractivity contribution in [3.05, 3.63) is 70.7 Å². The smallest absolute Gasteiger partial charge is 0.0409 e. The van der Waals surface area contributed by atoms with Gasteiger partial charge in [-0.1, -0.05) is 54.1 Å². The lowest BCUT2D eigenvalue weighted by atomic mass is 9.99. The molecule has 19 heavy (non-hydrogen) atoms. The first-order valence-corrected chi connectivity index (χ1v) is 7.15. The molecule has 0 amide bonds. The number of rotatable bonds is 4. The van der Waals surface area contributed by atoms with Gasteiger partial charge in [0.1, 0.15) is 0 Å². The summed E-state index contributed by atoms with van der Waals surface area (Å²) in [6.45, 7) is 0. The highest BCUT2D eigenvalue weighted by molar-refractivity contribution is 6.30. The van der Waals surface area contributed by atoms with E-state index in [1.165, 1.54) is 17.5 Å². The molecular weight excluding hydrogens is 254 g/mol. The fourth-order valence-electron chi connectivity index (χ4n) is 2.99. The van der Waals surface area contributed by atoms with Crippen LogP contribution in [0.1, 0.15) is 29.5 Å². The fraction of sp³-hybridized carbons (Fsp3) is 0.294. The van der Waals surface area contributed by atoms with Crippen molar-refractivity contribution in [1.82, 2.24) is 5.32 Å². The van der Waals surface area contributed by atoms with Gasteiger partial charge in [-0.15, -0.1) is 0 Å². The molecule has 1 N–H and O–H groups in total. The molecule has 1 aliphatic rings. The second-order valence-corrected chi connectivity index (χ2v) is 5.67. The van der Waals surface area contributed by atoms with Crippen LogP contribution in [0.5, 0.6) is 0 Å². The predicted octanol–water partition coefficient (Wildman–Crippen LogP) is 4.40. The zero-order valence-corrected chi connectivity index (χ0v) is 11.8. The van der Waals surface area contributed by atoms with Gasteiger partial charge in [0.25, 0.3) is 0 Å². The lowest BCUT2D eigenvalue weighted by Gasteiger charge is -2.17. The van der Waals surface area contributed by atoms with Crippen LogP contribution in [-0.2, 0) is 0 Å². The third-order valence-electron chi connectivity index (χ3n) is 4.01. The third kappa shape index (κ3) is 2.68. The van der Waals surface area contributed by atoms with Gasteiger partial charge in [0.05, 0.1) is 0 Å². The number of benzene rings is 2. The van der Waals surface area contributed by atoms with E-state index in [-0.39, 0.29) is 0 Å². The van der Waals surface area contributed by atoms with Crippen molar-refractivity contribution in [3.63, 3.8) is 0 Å². The third-order valence-corrected chi connectivity index (χ3v) is 4.25. The maximum atomic E-state index is 6.10. The minimum Gasteiger partial charge on any atom is -0.313 e. The second-order valence-electron chi connectivity index (χ2n) is 5.24. The van der Waals surface area contributed by atoms with E-state index in [1.807, 2.05) is 19.2 Å². The SMILES string of the molecule is CNC(c1cccc(Cl)c1)C1CC1c1ccccc1. The molecule has 3 atom stereocenters. The number of halogens is 1. The molecule has 2 aromatic rings. The monoisotopic (exact) mass is 271 g/mol. The quantitative estimate of drug-likeness (QED) is 0.869. The number of nitrogens with one attached hydrogen (secondary N) is 1. The second kappa shape index (κ2) is 5.36. The lowest BCUT2D eigenvalue weighted by molar-refractivity contribution is 0.518. The summed E-state index contributed by atoms with van der Waals surface area (Å²) in [6, 6.07) is 19.4. The van der Waals surface area contributed by atoms with Crippen molar-refractivity contribution >= 4 is 11.6 Å². The Hall–Kier alpha value is -1.31. The van der Waals surface area contributed by atoms with Crippen LogP contribution in [0.4, 0.5) is 0 Å². The molecule has 1 fully saturated rings. The van der Waals surface area contributed by atoms with Crippen LogP contribution in [-0.4, -0.2) is 7.05 Å². The van der Waals surface area contributed by atoms with Gasteiger partial charge in [-0.2, -0.15) is 0 Å². The van der Waals surface area contributed by atoms with Gasteiger partial charge in [-0.05, 0) is 48.6 Å². The summed E-state index contributed by atoms with van der Waals surface area (Å²) in [5.74, 6) is 1.35. The van der Waals surface area contributed by atoms with Crippen LogP contribution < -0.4 is 5.32 Å². The summed E-state index contributed by atoms with van der Waals surface area (Å²) in [6.07, 6.45) is 1.25. The Balaban J connectivity index is 1.79. The molecule has 0 spiro atoms. The standard InChI is InChI=1S/C17H18ClN/c1-19-17(13-8-5-9-14(18)10-13)16-11-15(16)12-6-3-2-4-7-12/h2-10,15-17,19H,11H2,1H3. The van der Waals surface area contributed by atoms with Gasteiger partial charge in [-0.25, -0.2) is 0 Å². The van der Waals surface area contributed by atoms with Gasteiger partial charge < -0.3 is 5.32 Å². The Morgan fingerprint density at radius 2 is 1.89 bits per heavy atom. The number of hydrogen-bond donors (Lipinski definition) is 1. The molecular formula is C17H18ClN. The highest BCUT2D eigenvalue weighted by Gasteiger charge is 2.43. The maximum Gasteiger partial charge on any atom is 0.0409 e. The van der Waals surface area contributed by atoms with Crippen LogP contribution in [0.3, 0.4) is 0 Å². The molecule has 3 unspecified atom stereocenters. The van der Waals surface area contributed by atoms with E-state index in [0.717, 1.165) is 5.02 Å².